The molecule has 0 spiro atoms. The highest BCUT2D eigenvalue weighted by molar-refractivity contribution is 9.10. The van der Waals surface area contributed by atoms with E-state index in [4.69, 9.17) is 0 Å². The van der Waals surface area contributed by atoms with E-state index in [1.54, 1.807) is 17.9 Å². The molecule has 0 bridgehead atoms. The lowest BCUT2D eigenvalue weighted by molar-refractivity contribution is -0.149. The Morgan fingerprint density at radius 3 is 2.71 bits per heavy atom. The molecule has 1 aromatic carbocycles. The van der Waals surface area contributed by atoms with Gasteiger partial charge in [0.1, 0.15) is 17.9 Å². The van der Waals surface area contributed by atoms with Crippen LogP contribution in [0.3, 0.4) is 0 Å². The quantitative estimate of drug-likeness (QED) is 0.904. The molecule has 2 aliphatic rings. The number of hydrogen-bond donors (Lipinski definition) is 1. The highest BCUT2D eigenvalue weighted by atomic mass is 79.9. The predicted molar refractivity (Wildman–Crippen MR) is 78.8 cm³/mol. The van der Waals surface area contributed by atoms with Crippen LogP contribution in [0.4, 0.5) is 4.39 Å². The van der Waals surface area contributed by atoms with Crippen LogP contribution in [0.5, 0.6) is 0 Å². The molecule has 0 aromatic heterocycles. The van der Waals surface area contributed by atoms with Crippen LogP contribution in [0.25, 0.3) is 0 Å². The van der Waals surface area contributed by atoms with Crippen molar-refractivity contribution in [3.8, 4) is 0 Å². The second-order valence-electron chi connectivity index (χ2n) is 5.70. The van der Waals surface area contributed by atoms with Gasteiger partial charge in [-0.3, -0.25) is 9.59 Å². The van der Waals surface area contributed by atoms with E-state index in [9.17, 15) is 14.0 Å². The van der Waals surface area contributed by atoms with Gasteiger partial charge in [0.25, 0.3) is 0 Å². The maximum Gasteiger partial charge on any atom is 0.246 e. The molecule has 1 aromatic rings. The van der Waals surface area contributed by atoms with Gasteiger partial charge in [0.2, 0.25) is 11.8 Å². The number of piperazine rings is 1. The van der Waals surface area contributed by atoms with E-state index in [1.165, 1.54) is 12.1 Å². The number of nitrogens with zero attached hydrogens (tertiary/aromatic N) is 1. The van der Waals surface area contributed by atoms with Crippen LogP contribution in [-0.4, -0.2) is 28.8 Å². The first kappa shape index (κ1) is 14.5. The molecule has 1 aliphatic carbocycles. The molecule has 1 saturated heterocycles. The molecule has 1 heterocycles. The topological polar surface area (TPSA) is 49.4 Å². The molecule has 2 fully saturated rings. The van der Waals surface area contributed by atoms with Crippen LogP contribution in [-0.2, 0) is 16.1 Å². The molecule has 0 radical (unpaired) electrons. The van der Waals surface area contributed by atoms with Crippen LogP contribution in [0.2, 0.25) is 0 Å². The molecular weight excluding hydrogens is 339 g/mol. The summed E-state index contributed by atoms with van der Waals surface area (Å²) < 4.78 is 13.8. The number of carbonyl (C=O) groups is 2. The van der Waals surface area contributed by atoms with Gasteiger partial charge in [0, 0.05) is 11.0 Å². The zero-order chi connectivity index (χ0) is 15.1. The molecule has 112 valence electrons. The minimum absolute atomic E-state index is 0.0409. The van der Waals surface area contributed by atoms with Crippen molar-refractivity contribution in [1.82, 2.24) is 10.2 Å². The zero-order valence-electron chi connectivity index (χ0n) is 11.6. The Kier molecular flexibility index (Phi) is 3.73. The summed E-state index contributed by atoms with van der Waals surface area (Å²) in [6.07, 6.45) is 1.97. The summed E-state index contributed by atoms with van der Waals surface area (Å²) in [6, 6.07) is 3.46. The fourth-order valence-electron chi connectivity index (χ4n) is 2.64. The third kappa shape index (κ3) is 2.81. The number of rotatable bonds is 3. The zero-order valence-corrected chi connectivity index (χ0v) is 13.2. The highest BCUT2D eigenvalue weighted by Gasteiger charge is 2.45. The highest BCUT2D eigenvalue weighted by Crippen LogP contribution is 2.35. The van der Waals surface area contributed by atoms with Crippen molar-refractivity contribution >= 4 is 27.7 Å². The summed E-state index contributed by atoms with van der Waals surface area (Å²) in [6.45, 7) is 2.02. The number of hydrogen-bond acceptors (Lipinski definition) is 2. The van der Waals surface area contributed by atoms with Crippen molar-refractivity contribution in [2.75, 3.05) is 0 Å². The minimum atomic E-state index is -0.510. The van der Waals surface area contributed by atoms with Crippen LogP contribution in [0, 0.1) is 11.7 Å². The first-order valence-electron chi connectivity index (χ1n) is 7.02. The van der Waals surface area contributed by atoms with Crippen LogP contribution < -0.4 is 5.32 Å². The van der Waals surface area contributed by atoms with Gasteiger partial charge >= 0.3 is 0 Å². The van der Waals surface area contributed by atoms with Gasteiger partial charge in [-0.15, -0.1) is 0 Å². The van der Waals surface area contributed by atoms with E-state index in [0.29, 0.717) is 11.0 Å². The van der Waals surface area contributed by atoms with Crippen molar-refractivity contribution < 1.29 is 14.0 Å². The standard InChI is InChI=1S/C15H16BrFN2O2/c1-8-14(20)18-13(9-2-3-9)15(21)19(8)7-10-4-5-11(17)6-12(10)16/h4-6,8-9,13H,2-3,7H2,1H3,(H,18,20). The molecular formula is C15H16BrFN2O2. The predicted octanol–water partition coefficient (Wildman–Crippen LogP) is 2.21. The summed E-state index contributed by atoms with van der Waals surface area (Å²) in [5.41, 5.74) is 0.792. The first-order chi connectivity index (χ1) is 9.97. The van der Waals surface area contributed by atoms with Crippen molar-refractivity contribution in [3.63, 3.8) is 0 Å². The molecule has 4 nitrogen and oxygen atoms in total. The Hall–Kier alpha value is -1.43. The third-order valence-electron chi connectivity index (χ3n) is 4.14. The van der Waals surface area contributed by atoms with E-state index >= 15 is 0 Å². The Bertz CT molecular complexity index is 603. The van der Waals surface area contributed by atoms with Gasteiger partial charge in [0.15, 0.2) is 0 Å². The summed E-state index contributed by atoms with van der Waals surface area (Å²) in [5.74, 6) is -0.226. The van der Waals surface area contributed by atoms with Gasteiger partial charge < -0.3 is 10.2 Å². The smallest absolute Gasteiger partial charge is 0.246 e. The lowest BCUT2D eigenvalue weighted by Crippen LogP contribution is -2.62. The van der Waals surface area contributed by atoms with Crippen molar-refractivity contribution in [2.24, 2.45) is 5.92 Å². The van der Waals surface area contributed by atoms with Gasteiger partial charge in [-0.05, 0) is 43.4 Å². The number of amides is 2. The number of carbonyl (C=O) groups excluding carboxylic acids is 2. The van der Waals surface area contributed by atoms with E-state index in [1.807, 2.05) is 0 Å². The fourth-order valence-corrected chi connectivity index (χ4v) is 3.12. The molecule has 2 atom stereocenters. The molecule has 1 aliphatic heterocycles. The van der Waals surface area contributed by atoms with Gasteiger partial charge in [-0.25, -0.2) is 4.39 Å². The van der Waals surface area contributed by atoms with Gasteiger partial charge in [-0.2, -0.15) is 0 Å². The lowest BCUT2D eigenvalue weighted by atomic mass is 10.0. The van der Waals surface area contributed by atoms with E-state index in [2.05, 4.69) is 21.2 Å². The largest absolute Gasteiger partial charge is 0.342 e. The summed E-state index contributed by atoms with van der Waals surface area (Å²) in [4.78, 5) is 26.2. The average Bonchev–Trinajstić information content (AvgIpc) is 3.25. The second-order valence-corrected chi connectivity index (χ2v) is 6.56. The van der Waals surface area contributed by atoms with E-state index < -0.39 is 12.1 Å². The third-order valence-corrected chi connectivity index (χ3v) is 4.88. The summed E-state index contributed by atoms with van der Waals surface area (Å²) in [7, 11) is 0. The fraction of sp³-hybridized carbons (Fsp3) is 0.467. The van der Waals surface area contributed by atoms with Crippen molar-refractivity contribution in [2.45, 2.75) is 38.4 Å². The molecule has 3 rings (SSSR count). The summed E-state index contributed by atoms with van der Waals surface area (Å²) in [5, 5.41) is 2.82. The Morgan fingerprint density at radius 2 is 2.10 bits per heavy atom. The van der Waals surface area contributed by atoms with Gasteiger partial charge in [-0.1, -0.05) is 22.0 Å². The Balaban J connectivity index is 1.84. The molecule has 1 N–H and O–H groups in total. The van der Waals surface area contributed by atoms with Crippen LogP contribution >= 0.6 is 15.9 Å². The summed E-state index contributed by atoms with van der Waals surface area (Å²) >= 11 is 3.31. The van der Waals surface area contributed by atoms with E-state index in [-0.39, 0.29) is 23.5 Å². The normalized spacial score (nSPS) is 26.0. The number of nitrogens with one attached hydrogen (secondary N) is 1. The molecule has 1 saturated carbocycles. The second kappa shape index (κ2) is 5.40. The van der Waals surface area contributed by atoms with Crippen molar-refractivity contribution in [3.05, 3.63) is 34.1 Å². The SMILES string of the molecule is CC1C(=O)NC(C2CC2)C(=O)N1Cc1ccc(F)cc1Br. The lowest BCUT2D eigenvalue weighted by Gasteiger charge is -2.37. The Labute approximate surface area is 130 Å². The average molecular weight is 355 g/mol. The van der Waals surface area contributed by atoms with Gasteiger partial charge in [0.05, 0.1) is 0 Å². The molecule has 21 heavy (non-hydrogen) atoms. The Morgan fingerprint density at radius 1 is 1.38 bits per heavy atom. The molecule has 2 amide bonds. The number of halogens is 2. The van der Waals surface area contributed by atoms with Crippen molar-refractivity contribution in [1.29, 1.82) is 0 Å². The van der Waals surface area contributed by atoms with Crippen LogP contribution in [0.1, 0.15) is 25.3 Å². The maximum atomic E-state index is 13.1. The number of benzene rings is 1. The maximum absolute atomic E-state index is 13.1. The first-order valence-corrected chi connectivity index (χ1v) is 7.81. The van der Waals surface area contributed by atoms with Crippen LogP contribution in [0.15, 0.2) is 22.7 Å². The monoisotopic (exact) mass is 354 g/mol. The molecule has 2 unspecified atom stereocenters. The molecule has 6 heteroatoms. The van der Waals surface area contributed by atoms with E-state index in [0.717, 1.165) is 18.4 Å². The minimum Gasteiger partial charge on any atom is -0.342 e.